The first-order chi connectivity index (χ1) is 18.4. The predicted molar refractivity (Wildman–Crippen MR) is 156 cm³/mol. The van der Waals surface area contributed by atoms with Crippen molar-refractivity contribution in [2.45, 2.75) is 13.5 Å². The van der Waals surface area contributed by atoms with Gasteiger partial charge in [-0.2, -0.15) is 0 Å². The van der Waals surface area contributed by atoms with Gasteiger partial charge in [0.2, 0.25) is 0 Å². The number of hydrogen-bond acceptors (Lipinski definition) is 4. The van der Waals surface area contributed by atoms with Gasteiger partial charge in [0.15, 0.2) is 6.61 Å². The van der Waals surface area contributed by atoms with Gasteiger partial charge in [0.1, 0.15) is 0 Å². The van der Waals surface area contributed by atoms with Crippen LogP contribution in [-0.2, 0) is 16.2 Å². The minimum atomic E-state index is -0.388. The van der Waals surface area contributed by atoms with E-state index in [0.717, 1.165) is 15.6 Å². The summed E-state index contributed by atoms with van der Waals surface area (Å²) in [6, 6.07) is 31.1. The number of hydrogen-bond donors (Lipinski definition) is 1. The fourth-order valence-corrected chi connectivity index (χ4v) is 4.17. The zero-order valence-electron chi connectivity index (χ0n) is 20.6. The van der Waals surface area contributed by atoms with Crippen molar-refractivity contribution in [1.82, 2.24) is 0 Å². The Hall–Kier alpha value is -3.94. The van der Waals surface area contributed by atoms with Crippen molar-refractivity contribution in [1.29, 1.82) is 0 Å². The summed E-state index contributed by atoms with van der Waals surface area (Å²) in [6.07, 6.45) is 0. The molecule has 0 aliphatic carbocycles. The molecule has 0 saturated heterocycles. The maximum absolute atomic E-state index is 13.5. The molecule has 8 heteroatoms. The molecule has 0 saturated carbocycles. The van der Waals surface area contributed by atoms with Crippen LogP contribution in [0.5, 0.6) is 0 Å². The highest BCUT2D eigenvalue weighted by Crippen LogP contribution is 2.27. The highest BCUT2D eigenvalue weighted by Gasteiger charge is 2.23. The molecule has 38 heavy (non-hydrogen) atoms. The summed E-state index contributed by atoms with van der Waals surface area (Å²) >= 11 is 9.69. The van der Waals surface area contributed by atoms with Gasteiger partial charge in [0.05, 0.1) is 34.2 Å². The Morgan fingerprint density at radius 2 is 1.55 bits per heavy atom. The molecular formula is C30H25BrClN3O3. The van der Waals surface area contributed by atoms with Crippen molar-refractivity contribution in [3.63, 3.8) is 0 Å². The first kappa shape index (κ1) is 27.1. The Morgan fingerprint density at radius 3 is 2.29 bits per heavy atom. The van der Waals surface area contributed by atoms with Gasteiger partial charge in [0, 0.05) is 4.47 Å². The number of halogens is 2. The number of nitrogens with zero attached hydrogens (tertiary/aromatic N) is 2. The van der Waals surface area contributed by atoms with Crippen molar-refractivity contribution < 1.29 is 14.4 Å². The molecule has 4 aromatic rings. The van der Waals surface area contributed by atoms with Crippen molar-refractivity contribution in [2.75, 3.05) is 16.8 Å². The SMILES string of the molecule is CC(=NOCC(=O)N(Cc1ccc(Br)cc1)c1ccccc1C(=O)Nc1ccccc1Cl)c1ccccc1. The molecule has 2 amide bonds. The topological polar surface area (TPSA) is 71.0 Å². The molecule has 0 radical (unpaired) electrons. The van der Waals surface area contributed by atoms with E-state index in [9.17, 15) is 9.59 Å². The summed E-state index contributed by atoms with van der Waals surface area (Å²) in [5.41, 5.74) is 3.67. The van der Waals surface area contributed by atoms with Crippen LogP contribution in [0, 0.1) is 0 Å². The lowest BCUT2D eigenvalue weighted by Crippen LogP contribution is -2.35. The van der Waals surface area contributed by atoms with Crippen LogP contribution in [0.1, 0.15) is 28.4 Å². The molecule has 192 valence electrons. The van der Waals surface area contributed by atoms with Crippen molar-refractivity contribution in [3.05, 3.63) is 129 Å². The van der Waals surface area contributed by atoms with Crippen molar-refractivity contribution in [3.8, 4) is 0 Å². The number of benzene rings is 4. The summed E-state index contributed by atoms with van der Waals surface area (Å²) in [5, 5.41) is 7.38. The van der Waals surface area contributed by atoms with Gasteiger partial charge in [-0.05, 0) is 54.4 Å². The number of para-hydroxylation sites is 2. The van der Waals surface area contributed by atoms with Gasteiger partial charge in [-0.25, -0.2) is 0 Å². The highest BCUT2D eigenvalue weighted by molar-refractivity contribution is 9.10. The van der Waals surface area contributed by atoms with E-state index < -0.39 is 0 Å². The number of anilines is 2. The third-order valence-corrected chi connectivity index (χ3v) is 6.56. The molecule has 1 N–H and O–H groups in total. The van der Waals surface area contributed by atoms with Crippen LogP contribution in [0.3, 0.4) is 0 Å². The minimum Gasteiger partial charge on any atom is -0.385 e. The third-order valence-electron chi connectivity index (χ3n) is 5.70. The summed E-state index contributed by atoms with van der Waals surface area (Å²) < 4.78 is 0.924. The fraction of sp³-hybridized carbons (Fsp3) is 0.100. The standard InChI is InChI=1S/C30H25BrClN3O3/c1-21(23-9-3-2-4-10-23)34-38-20-29(36)35(19-22-15-17-24(31)18-16-22)28-14-8-5-11-25(28)30(37)33-27-13-7-6-12-26(27)32/h2-18H,19-20H2,1H3,(H,33,37). The number of rotatable bonds is 9. The third kappa shape index (κ3) is 7.09. The Labute approximate surface area is 235 Å². The van der Waals surface area contributed by atoms with Crippen molar-refractivity contribution >= 4 is 56.4 Å². The molecule has 6 nitrogen and oxygen atoms in total. The maximum atomic E-state index is 13.5. The van der Waals surface area contributed by atoms with E-state index in [1.54, 1.807) is 48.5 Å². The van der Waals surface area contributed by atoms with E-state index in [4.69, 9.17) is 16.4 Å². The fourth-order valence-electron chi connectivity index (χ4n) is 3.73. The Bertz CT molecular complexity index is 1440. The number of carbonyl (C=O) groups excluding carboxylic acids is 2. The number of amides is 2. The van der Waals surface area contributed by atoms with Crippen LogP contribution in [0.4, 0.5) is 11.4 Å². The van der Waals surface area contributed by atoms with E-state index in [-0.39, 0.29) is 25.0 Å². The summed E-state index contributed by atoms with van der Waals surface area (Å²) in [4.78, 5) is 33.8. The monoisotopic (exact) mass is 589 g/mol. The average Bonchev–Trinajstić information content (AvgIpc) is 2.94. The predicted octanol–water partition coefficient (Wildman–Crippen LogP) is 7.33. The van der Waals surface area contributed by atoms with Gasteiger partial charge in [0.25, 0.3) is 11.8 Å². The summed E-state index contributed by atoms with van der Waals surface area (Å²) in [6.45, 7) is 1.74. The van der Waals surface area contributed by atoms with Gasteiger partial charge >= 0.3 is 0 Å². The Kier molecular flexibility index (Phi) is 9.30. The molecule has 4 aromatic carbocycles. The zero-order chi connectivity index (χ0) is 26.9. The largest absolute Gasteiger partial charge is 0.385 e. The summed E-state index contributed by atoms with van der Waals surface area (Å²) in [7, 11) is 0. The molecule has 0 heterocycles. The molecular weight excluding hydrogens is 566 g/mol. The molecule has 0 unspecified atom stereocenters. The first-order valence-electron chi connectivity index (χ1n) is 11.8. The second-order valence-corrected chi connectivity index (χ2v) is 9.70. The Morgan fingerprint density at radius 1 is 0.895 bits per heavy atom. The maximum Gasteiger partial charge on any atom is 0.268 e. The molecule has 0 aliphatic heterocycles. The second kappa shape index (κ2) is 13.0. The smallest absolute Gasteiger partial charge is 0.268 e. The quantitative estimate of drug-likeness (QED) is 0.164. The molecule has 0 bridgehead atoms. The van der Waals surface area contributed by atoms with E-state index >= 15 is 0 Å². The molecule has 0 aromatic heterocycles. The molecule has 4 rings (SSSR count). The highest BCUT2D eigenvalue weighted by atomic mass is 79.9. The number of oxime groups is 1. The lowest BCUT2D eigenvalue weighted by Gasteiger charge is -2.25. The molecule has 0 spiro atoms. The van der Waals surface area contributed by atoms with Crippen LogP contribution in [0.25, 0.3) is 0 Å². The van der Waals surface area contributed by atoms with Gasteiger partial charge in [-0.15, -0.1) is 0 Å². The lowest BCUT2D eigenvalue weighted by atomic mass is 10.1. The van der Waals surface area contributed by atoms with Crippen LogP contribution in [0.15, 0.2) is 113 Å². The van der Waals surface area contributed by atoms with E-state index in [1.165, 1.54) is 4.90 Å². The Balaban J connectivity index is 1.60. The van der Waals surface area contributed by atoms with Gasteiger partial charge < -0.3 is 15.1 Å². The normalized spacial score (nSPS) is 11.1. The van der Waals surface area contributed by atoms with Crippen LogP contribution in [-0.4, -0.2) is 24.1 Å². The molecule has 0 fully saturated rings. The molecule has 0 atom stereocenters. The number of carbonyl (C=O) groups is 2. The lowest BCUT2D eigenvalue weighted by molar-refractivity contribution is -0.123. The van der Waals surface area contributed by atoms with Crippen LogP contribution < -0.4 is 10.2 Å². The second-order valence-electron chi connectivity index (χ2n) is 8.37. The van der Waals surface area contributed by atoms with Crippen LogP contribution in [0.2, 0.25) is 5.02 Å². The van der Waals surface area contributed by atoms with E-state index in [2.05, 4.69) is 26.4 Å². The summed E-state index contributed by atoms with van der Waals surface area (Å²) in [5.74, 6) is -0.739. The number of nitrogens with one attached hydrogen (secondary N) is 1. The first-order valence-corrected chi connectivity index (χ1v) is 13.0. The average molecular weight is 591 g/mol. The van der Waals surface area contributed by atoms with Gasteiger partial charge in [-0.3, -0.25) is 9.59 Å². The minimum absolute atomic E-state index is 0.229. The van der Waals surface area contributed by atoms with E-state index in [1.807, 2.05) is 61.5 Å². The van der Waals surface area contributed by atoms with E-state index in [0.29, 0.717) is 27.7 Å². The van der Waals surface area contributed by atoms with Crippen molar-refractivity contribution in [2.24, 2.45) is 5.16 Å². The zero-order valence-corrected chi connectivity index (χ0v) is 22.9. The molecule has 0 aliphatic rings. The van der Waals surface area contributed by atoms with Gasteiger partial charge in [-0.1, -0.05) is 99.4 Å². The van der Waals surface area contributed by atoms with Crippen LogP contribution >= 0.6 is 27.5 Å².